The second kappa shape index (κ2) is 4.80. The third-order valence-electron chi connectivity index (χ3n) is 1.95. The quantitative estimate of drug-likeness (QED) is 0.621. The highest BCUT2D eigenvalue weighted by molar-refractivity contribution is 7.99. The summed E-state index contributed by atoms with van der Waals surface area (Å²) in [5, 5.41) is 8.91. The van der Waals surface area contributed by atoms with E-state index >= 15 is 0 Å². The number of halogens is 1. The molecule has 0 aliphatic heterocycles. The number of carbonyl (C=O) groups is 1. The minimum absolute atomic E-state index is 0.150. The van der Waals surface area contributed by atoms with E-state index in [2.05, 4.69) is 20.2 Å². The number of hydrogen-bond donors (Lipinski definition) is 0. The van der Waals surface area contributed by atoms with E-state index in [4.69, 9.17) is 11.6 Å². The Kier molecular flexibility index (Phi) is 3.39. The molecule has 0 N–H and O–H groups in total. The normalized spacial score (nSPS) is 10.5. The van der Waals surface area contributed by atoms with Gasteiger partial charge in [-0.15, -0.1) is 10.2 Å². The molecule has 2 aromatic heterocycles. The van der Waals surface area contributed by atoms with Crippen LogP contribution in [0.15, 0.2) is 16.5 Å². The monoisotopic (exact) mass is 269 g/mol. The van der Waals surface area contributed by atoms with Crippen LogP contribution in [0.2, 0.25) is 5.15 Å². The number of nitrogens with zero attached hydrogens (tertiary/aromatic N) is 5. The molecule has 0 aromatic carbocycles. The molecule has 0 spiro atoms. The van der Waals surface area contributed by atoms with Gasteiger partial charge in [-0.1, -0.05) is 11.6 Å². The molecule has 6 nitrogen and oxygen atoms in total. The molecule has 0 amide bonds. The van der Waals surface area contributed by atoms with Crippen molar-refractivity contribution < 1.29 is 4.79 Å². The predicted octanol–water partition coefficient (Wildman–Crippen LogP) is 1.53. The Morgan fingerprint density at radius 1 is 1.47 bits per heavy atom. The maximum absolute atomic E-state index is 11.0. The van der Waals surface area contributed by atoms with Gasteiger partial charge >= 0.3 is 0 Å². The van der Waals surface area contributed by atoms with Crippen molar-refractivity contribution in [3.8, 4) is 0 Å². The minimum Gasteiger partial charge on any atom is -0.311 e. The van der Waals surface area contributed by atoms with Crippen LogP contribution in [0.3, 0.4) is 0 Å². The third kappa shape index (κ3) is 2.45. The van der Waals surface area contributed by atoms with E-state index in [9.17, 15) is 4.79 Å². The molecular formula is C9H8ClN5OS. The lowest BCUT2D eigenvalue weighted by molar-refractivity contribution is 0.112. The summed E-state index contributed by atoms with van der Waals surface area (Å²) in [7, 11) is 1.80. The van der Waals surface area contributed by atoms with Crippen molar-refractivity contribution in [2.45, 2.75) is 17.1 Å². The zero-order valence-corrected chi connectivity index (χ0v) is 10.7. The van der Waals surface area contributed by atoms with Crippen LogP contribution in [0.1, 0.15) is 16.2 Å². The number of aryl methyl sites for hydroxylation is 2. The fraction of sp³-hybridized carbons (Fsp3) is 0.222. The van der Waals surface area contributed by atoms with Gasteiger partial charge < -0.3 is 4.57 Å². The van der Waals surface area contributed by atoms with Gasteiger partial charge in [0.05, 0.1) is 5.56 Å². The Morgan fingerprint density at radius 2 is 2.24 bits per heavy atom. The topological polar surface area (TPSA) is 73.6 Å². The van der Waals surface area contributed by atoms with Crippen molar-refractivity contribution in [3.05, 3.63) is 22.9 Å². The highest BCUT2D eigenvalue weighted by Gasteiger charge is 2.14. The van der Waals surface area contributed by atoms with E-state index in [0.29, 0.717) is 22.3 Å². The first kappa shape index (κ1) is 12.0. The Balaban J connectivity index is 2.45. The molecule has 8 heteroatoms. The highest BCUT2D eigenvalue weighted by Crippen LogP contribution is 2.28. The Labute approximate surface area is 106 Å². The summed E-state index contributed by atoms with van der Waals surface area (Å²) in [6.45, 7) is 1.71. The van der Waals surface area contributed by atoms with Crippen molar-refractivity contribution in [1.82, 2.24) is 24.7 Å². The fourth-order valence-corrected chi connectivity index (χ4v) is 2.35. The molecule has 0 fully saturated rings. The van der Waals surface area contributed by atoms with Gasteiger partial charge in [-0.2, -0.15) is 0 Å². The first-order chi connectivity index (χ1) is 8.11. The summed E-state index contributed by atoms with van der Waals surface area (Å²) < 4.78 is 1.73. The van der Waals surface area contributed by atoms with Crippen LogP contribution in [0.5, 0.6) is 0 Å². The summed E-state index contributed by atoms with van der Waals surface area (Å²) in [5.74, 6) is 0.505. The van der Waals surface area contributed by atoms with Crippen molar-refractivity contribution in [3.63, 3.8) is 0 Å². The van der Waals surface area contributed by atoms with E-state index in [1.54, 1.807) is 24.9 Å². The SMILES string of the molecule is Cc1nc(Cl)c(C=O)c(Sc2nncn2C)n1. The van der Waals surface area contributed by atoms with Gasteiger partial charge in [-0.05, 0) is 18.7 Å². The van der Waals surface area contributed by atoms with Crippen LogP contribution in [0, 0.1) is 6.92 Å². The number of aromatic nitrogens is 5. The molecule has 0 unspecified atom stereocenters. The number of rotatable bonds is 3. The molecule has 0 radical (unpaired) electrons. The Hall–Kier alpha value is -1.47. The second-order valence-corrected chi connectivity index (χ2v) is 4.54. The molecule has 2 aromatic rings. The number of carbonyl (C=O) groups excluding carboxylic acids is 1. The lowest BCUT2D eigenvalue weighted by atomic mass is 10.4. The van der Waals surface area contributed by atoms with Crippen LogP contribution in [-0.2, 0) is 7.05 Å². The molecule has 0 atom stereocenters. The maximum Gasteiger partial charge on any atom is 0.197 e. The van der Waals surface area contributed by atoms with Crippen LogP contribution >= 0.6 is 23.4 Å². The minimum atomic E-state index is 0.150. The largest absolute Gasteiger partial charge is 0.311 e. The van der Waals surface area contributed by atoms with Gasteiger partial charge in [-0.25, -0.2) is 9.97 Å². The molecule has 0 aliphatic rings. The summed E-state index contributed by atoms with van der Waals surface area (Å²) in [4.78, 5) is 19.1. The third-order valence-corrected chi connectivity index (χ3v) is 3.30. The Bertz CT molecular complexity index is 571. The molecule has 17 heavy (non-hydrogen) atoms. The van der Waals surface area contributed by atoms with Gasteiger partial charge in [0.2, 0.25) is 0 Å². The first-order valence-corrected chi connectivity index (χ1v) is 5.82. The molecule has 0 saturated heterocycles. The molecule has 88 valence electrons. The average molecular weight is 270 g/mol. The number of aldehydes is 1. The zero-order valence-electron chi connectivity index (χ0n) is 9.09. The van der Waals surface area contributed by atoms with Crippen LogP contribution in [-0.4, -0.2) is 31.0 Å². The van der Waals surface area contributed by atoms with E-state index in [0.717, 1.165) is 0 Å². The van der Waals surface area contributed by atoms with Gasteiger partial charge in [0, 0.05) is 7.05 Å². The van der Waals surface area contributed by atoms with Crippen LogP contribution < -0.4 is 0 Å². The lowest BCUT2D eigenvalue weighted by Crippen LogP contribution is -1.99. The van der Waals surface area contributed by atoms with Crippen molar-refractivity contribution in [2.75, 3.05) is 0 Å². The summed E-state index contributed by atoms with van der Waals surface area (Å²) in [6, 6.07) is 0. The first-order valence-electron chi connectivity index (χ1n) is 4.63. The molecule has 0 aliphatic carbocycles. The van der Waals surface area contributed by atoms with Gasteiger partial charge in [0.25, 0.3) is 0 Å². The summed E-state index contributed by atoms with van der Waals surface area (Å²) in [5.41, 5.74) is 0.269. The lowest BCUT2D eigenvalue weighted by Gasteiger charge is -2.05. The van der Waals surface area contributed by atoms with Gasteiger partial charge in [-0.3, -0.25) is 4.79 Å². The van der Waals surface area contributed by atoms with E-state index in [1.807, 2.05) is 0 Å². The Morgan fingerprint density at radius 3 is 2.82 bits per heavy atom. The molecule has 0 saturated carbocycles. The smallest absolute Gasteiger partial charge is 0.197 e. The van der Waals surface area contributed by atoms with Crippen molar-refractivity contribution in [1.29, 1.82) is 0 Å². The summed E-state index contributed by atoms with van der Waals surface area (Å²) >= 11 is 7.10. The zero-order chi connectivity index (χ0) is 12.4. The van der Waals surface area contributed by atoms with Crippen molar-refractivity contribution in [2.24, 2.45) is 7.05 Å². The van der Waals surface area contributed by atoms with E-state index in [-0.39, 0.29) is 10.7 Å². The molecule has 0 bridgehead atoms. The van der Waals surface area contributed by atoms with Crippen molar-refractivity contribution >= 4 is 29.6 Å². The molecule has 2 rings (SSSR count). The predicted molar refractivity (Wildman–Crippen MR) is 62.3 cm³/mol. The second-order valence-electron chi connectivity index (χ2n) is 3.22. The molecule has 2 heterocycles. The van der Waals surface area contributed by atoms with E-state index in [1.165, 1.54) is 11.8 Å². The highest BCUT2D eigenvalue weighted by atomic mass is 35.5. The molecular weight excluding hydrogens is 262 g/mol. The summed E-state index contributed by atoms with van der Waals surface area (Å²) in [6.07, 6.45) is 2.21. The van der Waals surface area contributed by atoms with Gasteiger partial charge in [0.15, 0.2) is 11.4 Å². The number of hydrogen-bond acceptors (Lipinski definition) is 6. The van der Waals surface area contributed by atoms with Crippen LogP contribution in [0.4, 0.5) is 0 Å². The van der Waals surface area contributed by atoms with Gasteiger partial charge in [0.1, 0.15) is 22.3 Å². The van der Waals surface area contributed by atoms with Crippen LogP contribution in [0.25, 0.3) is 0 Å². The standard InChI is InChI=1S/C9H8ClN5OS/c1-5-12-7(10)6(3-16)8(13-5)17-9-14-11-4-15(9)2/h3-4H,1-2H3. The fourth-order valence-electron chi connectivity index (χ4n) is 1.15. The van der Waals surface area contributed by atoms with E-state index < -0.39 is 0 Å². The average Bonchev–Trinajstić information content (AvgIpc) is 2.64. The maximum atomic E-state index is 11.0.